The maximum absolute atomic E-state index is 13.4. The van der Waals surface area contributed by atoms with Crippen LogP contribution < -0.4 is 10.6 Å². The van der Waals surface area contributed by atoms with E-state index in [-0.39, 0.29) is 0 Å². The molecule has 0 spiro atoms. The molecule has 0 aromatic heterocycles. The van der Waals surface area contributed by atoms with Gasteiger partial charge in [0.05, 0.1) is 0 Å². The van der Waals surface area contributed by atoms with Gasteiger partial charge in [-0.15, -0.1) is 0 Å². The average Bonchev–Trinajstić information content (AvgIpc) is 2.43. The van der Waals surface area contributed by atoms with E-state index in [1.807, 2.05) is 5.32 Å². The van der Waals surface area contributed by atoms with Crippen LogP contribution in [0.15, 0.2) is 42.5 Å². The van der Waals surface area contributed by atoms with Gasteiger partial charge in [-0.3, -0.25) is 9.59 Å². The molecule has 0 saturated heterocycles. The van der Waals surface area contributed by atoms with Crippen LogP contribution in [0, 0.1) is 11.6 Å². The summed E-state index contributed by atoms with van der Waals surface area (Å²) in [6.45, 7) is 0. The van der Waals surface area contributed by atoms with Gasteiger partial charge in [0.1, 0.15) is 23.7 Å². The lowest BCUT2D eigenvalue weighted by molar-refractivity contribution is -0.123. The highest BCUT2D eigenvalue weighted by atomic mass is 35.5. The lowest BCUT2D eigenvalue weighted by Gasteiger charge is -2.08. The SMILES string of the molecule is O=C(CC(=O)Nc1c(F)cccc1F)Nc1cccc(Cl)c1. The first-order chi connectivity index (χ1) is 10.5. The van der Waals surface area contributed by atoms with E-state index in [1.54, 1.807) is 18.2 Å². The zero-order valence-corrected chi connectivity index (χ0v) is 12.0. The van der Waals surface area contributed by atoms with E-state index < -0.39 is 35.6 Å². The Morgan fingerprint density at radius 3 is 2.18 bits per heavy atom. The van der Waals surface area contributed by atoms with Gasteiger partial charge in [-0.1, -0.05) is 23.7 Å². The number of carbonyl (C=O) groups excluding carboxylic acids is 2. The standard InChI is InChI=1S/C15H11ClF2N2O2/c16-9-3-1-4-10(7-9)19-13(21)8-14(22)20-15-11(17)5-2-6-12(15)18/h1-7H,8H2,(H,19,21)(H,20,22). The summed E-state index contributed by atoms with van der Waals surface area (Å²) in [5.74, 6) is -3.28. The molecule has 2 aromatic carbocycles. The topological polar surface area (TPSA) is 58.2 Å². The van der Waals surface area contributed by atoms with Crippen molar-refractivity contribution < 1.29 is 18.4 Å². The molecule has 0 aliphatic rings. The highest BCUT2D eigenvalue weighted by Crippen LogP contribution is 2.18. The van der Waals surface area contributed by atoms with E-state index >= 15 is 0 Å². The largest absolute Gasteiger partial charge is 0.326 e. The summed E-state index contributed by atoms with van der Waals surface area (Å²) in [5, 5.41) is 4.91. The maximum Gasteiger partial charge on any atom is 0.233 e. The molecule has 0 heterocycles. The molecule has 2 amide bonds. The summed E-state index contributed by atoms with van der Waals surface area (Å²) in [6, 6.07) is 9.55. The van der Waals surface area contributed by atoms with Gasteiger partial charge in [0.15, 0.2) is 0 Å². The Bertz CT molecular complexity index is 702. The molecular weight excluding hydrogens is 314 g/mol. The highest BCUT2D eigenvalue weighted by Gasteiger charge is 2.15. The molecule has 0 radical (unpaired) electrons. The fourth-order valence-corrected chi connectivity index (χ4v) is 1.91. The Hall–Kier alpha value is -2.47. The van der Waals surface area contributed by atoms with E-state index in [0.717, 1.165) is 12.1 Å². The van der Waals surface area contributed by atoms with Crippen molar-refractivity contribution in [2.24, 2.45) is 0 Å². The first-order valence-electron chi connectivity index (χ1n) is 6.25. The van der Waals surface area contributed by atoms with Crippen LogP contribution >= 0.6 is 11.6 Å². The fraction of sp³-hybridized carbons (Fsp3) is 0.0667. The van der Waals surface area contributed by atoms with Crippen LogP contribution in [-0.2, 0) is 9.59 Å². The molecule has 4 nitrogen and oxygen atoms in total. The predicted molar refractivity (Wildman–Crippen MR) is 79.7 cm³/mol. The molecule has 22 heavy (non-hydrogen) atoms. The number of nitrogens with one attached hydrogen (secondary N) is 2. The molecule has 114 valence electrons. The average molecular weight is 325 g/mol. The molecule has 0 fully saturated rings. The quantitative estimate of drug-likeness (QED) is 0.844. The fourth-order valence-electron chi connectivity index (χ4n) is 1.72. The number of halogens is 3. The summed E-state index contributed by atoms with van der Waals surface area (Å²) in [6.07, 6.45) is -0.583. The zero-order chi connectivity index (χ0) is 16.1. The summed E-state index contributed by atoms with van der Waals surface area (Å²) in [4.78, 5) is 23.3. The van der Waals surface area contributed by atoms with Crippen molar-refractivity contribution in [3.63, 3.8) is 0 Å². The molecule has 0 aliphatic carbocycles. The van der Waals surface area contributed by atoms with E-state index in [2.05, 4.69) is 5.32 Å². The van der Waals surface area contributed by atoms with Gasteiger partial charge in [-0.25, -0.2) is 8.78 Å². The number of carbonyl (C=O) groups is 2. The van der Waals surface area contributed by atoms with Crippen molar-refractivity contribution in [3.8, 4) is 0 Å². The number of hydrogen-bond acceptors (Lipinski definition) is 2. The third kappa shape index (κ3) is 4.26. The summed E-state index contributed by atoms with van der Waals surface area (Å²) in [5.41, 5.74) is -0.162. The van der Waals surface area contributed by atoms with E-state index in [1.165, 1.54) is 12.1 Å². The third-order valence-electron chi connectivity index (χ3n) is 2.66. The van der Waals surface area contributed by atoms with Crippen LogP contribution in [0.3, 0.4) is 0 Å². The first kappa shape index (κ1) is 15.9. The van der Waals surface area contributed by atoms with Crippen LogP contribution in [0.5, 0.6) is 0 Å². The van der Waals surface area contributed by atoms with Crippen molar-refractivity contribution in [1.82, 2.24) is 0 Å². The molecule has 2 rings (SSSR count). The van der Waals surface area contributed by atoms with E-state index in [0.29, 0.717) is 10.7 Å². The number of benzene rings is 2. The van der Waals surface area contributed by atoms with Crippen molar-refractivity contribution in [3.05, 3.63) is 59.1 Å². The zero-order valence-electron chi connectivity index (χ0n) is 11.2. The number of amides is 2. The Morgan fingerprint density at radius 2 is 1.55 bits per heavy atom. The molecule has 0 aliphatic heterocycles. The normalized spacial score (nSPS) is 10.1. The predicted octanol–water partition coefficient (Wildman–Crippen LogP) is 3.59. The van der Waals surface area contributed by atoms with Gasteiger partial charge in [0.2, 0.25) is 11.8 Å². The van der Waals surface area contributed by atoms with E-state index in [9.17, 15) is 18.4 Å². The Morgan fingerprint density at radius 1 is 0.955 bits per heavy atom. The molecular formula is C15H11ClF2N2O2. The Kier molecular flexibility index (Phi) is 5.06. The Balaban J connectivity index is 1.96. The van der Waals surface area contributed by atoms with Gasteiger partial charge >= 0.3 is 0 Å². The second-order valence-corrected chi connectivity index (χ2v) is 4.82. The lowest BCUT2D eigenvalue weighted by atomic mass is 10.2. The van der Waals surface area contributed by atoms with Gasteiger partial charge < -0.3 is 10.6 Å². The second-order valence-electron chi connectivity index (χ2n) is 4.38. The van der Waals surface area contributed by atoms with Crippen LogP contribution in [0.4, 0.5) is 20.2 Å². The second kappa shape index (κ2) is 7.00. The molecule has 0 saturated carbocycles. The van der Waals surface area contributed by atoms with Crippen molar-refractivity contribution in [2.75, 3.05) is 10.6 Å². The van der Waals surface area contributed by atoms with Crippen LogP contribution in [-0.4, -0.2) is 11.8 Å². The molecule has 2 aromatic rings. The van der Waals surface area contributed by atoms with Crippen LogP contribution in [0.1, 0.15) is 6.42 Å². The minimum absolute atomic E-state index is 0.419. The maximum atomic E-state index is 13.4. The van der Waals surface area contributed by atoms with E-state index in [4.69, 9.17) is 11.6 Å². The number of para-hydroxylation sites is 1. The molecule has 2 N–H and O–H groups in total. The molecule has 7 heteroatoms. The number of hydrogen-bond donors (Lipinski definition) is 2. The smallest absolute Gasteiger partial charge is 0.233 e. The summed E-state index contributed by atoms with van der Waals surface area (Å²) >= 11 is 5.76. The molecule has 0 atom stereocenters. The monoisotopic (exact) mass is 324 g/mol. The number of rotatable bonds is 4. The van der Waals surface area contributed by atoms with Crippen LogP contribution in [0.25, 0.3) is 0 Å². The van der Waals surface area contributed by atoms with Crippen molar-refractivity contribution in [2.45, 2.75) is 6.42 Å². The van der Waals surface area contributed by atoms with Gasteiger partial charge in [-0.05, 0) is 30.3 Å². The first-order valence-corrected chi connectivity index (χ1v) is 6.63. The van der Waals surface area contributed by atoms with Crippen LogP contribution in [0.2, 0.25) is 5.02 Å². The summed E-state index contributed by atoms with van der Waals surface area (Å²) < 4.78 is 26.7. The van der Waals surface area contributed by atoms with Gasteiger partial charge in [0.25, 0.3) is 0 Å². The van der Waals surface area contributed by atoms with Gasteiger partial charge in [0, 0.05) is 10.7 Å². The van der Waals surface area contributed by atoms with Crippen molar-refractivity contribution in [1.29, 1.82) is 0 Å². The molecule has 0 bridgehead atoms. The molecule has 0 unspecified atom stereocenters. The third-order valence-corrected chi connectivity index (χ3v) is 2.89. The minimum atomic E-state index is -0.913. The highest BCUT2D eigenvalue weighted by molar-refractivity contribution is 6.30. The lowest BCUT2D eigenvalue weighted by Crippen LogP contribution is -2.22. The van der Waals surface area contributed by atoms with Crippen molar-refractivity contribution >= 4 is 34.8 Å². The number of anilines is 2. The minimum Gasteiger partial charge on any atom is -0.326 e. The summed E-state index contributed by atoms with van der Waals surface area (Å²) in [7, 11) is 0. The van der Waals surface area contributed by atoms with Gasteiger partial charge in [-0.2, -0.15) is 0 Å². The Labute approximate surface area is 130 Å².